The van der Waals surface area contributed by atoms with Gasteiger partial charge in [0.25, 0.3) is 0 Å². The quantitative estimate of drug-likeness (QED) is 0.442. The van der Waals surface area contributed by atoms with Crippen LogP contribution in [0.3, 0.4) is 0 Å². The standard InChI is InChI=1S/C19H10F6O5/c1-8-6-9(2-4-11(8)14(26)27)17(18(20,21)22,19(23,24)25)10-3-5-12-13(7-10)16(29)30-15(12)28/h2-7H,1H3,(H,26,27). The van der Waals surface area contributed by atoms with Crippen LogP contribution in [0, 0.1) is 6.92 Å². The zero-order valence-electron chi connectivity index (χ0n) is 14.8. The number of ether oxygens (including phenoxy) is 1. The summed E-state index contributed by atoms with van der Waals surface area (Å²) in [5.74, 6) is -4.08. The summed E-state index contributed by atoms with van der Waals surface area (Å²) in [6.45, 7) is 1.06. The lowest BCUT2D eigenvalue weighted by Gasteiger charge is -2.38. The summed E-state index contributed by atoms with van der Waals surface area (Å²) in [6, 6.07) is 2.98. The smallest absolute Gasteiger partial charge is 0.411 e. The number of aromatic carboxylic acids is 1. The summed E-state index contributed by atoms with van der Waals surface area (Å²) in [5, 5.41) is 9.03. The molecule has 0 aliphatic carbocycles. The van der Waals surface area contributed by atoms with Crippen molar-refractivity contribution in [2.75, 3.05) is 0 Å². The Hall–Kier alpha value is -3.37. The molecule has 0 fully saturated rings. The SMILES string of the molecule is Cc1cc(C(c2ccc3c(c2)C(=O)OC3=O)(C(F)(F)F)C(F)(F)F)ccc1C(=O)O. The van der Waals surface area contributed by atoms with Crippen molar-refractivity contribution in [1.82, 2.24) is 0 Å². The van der Waals surface area contributed by atoms with Gasteiger partial charge in [0.15, 0.2) is 0 Å². The number of carboxylic acids is 1. The van der Waals surface area contributed by atoms with Gasteiger partial charge in [0.1, 0.15) is 0 Å². The third kappa shape index (κ3) is 2.92. The first-order valence-corrected chi connectivity index (χ1v) is 8.10. The van der Waals surface area contributed by atoms with E-state index in [4.69, 9.17) is 5.11 Å². The second-order valence-electron chi connectivity index (χ2n) is 6.52. The number of aryl methyl sites for hydroxylation is 1. The van der Waals surface area contributed by atoms with E-state index in [2.05, 4.69) is 4.74 Å². The summed E-state index contributed by atoms with van der Waals surface area (Å²) < 4.78 is 89.1. The van der Waals surface area contributed by atoms with Crippen LogP contribution >= 0.6 is 0 Å². The summed E-state index contributed by atoms with van der Waals surface area (Å²) in [4.78, 5) is 34.3. The number of carboxylic acid groups (broad SMARTS) is 1. The van der Waals surface area contributed by atoms with Gasteiger partial charge in [0, 0.05) is 0 Å². The number of benzene rings is 2. The van der Waals surface area contributed by atoms with Crippen LogP contribution in [0.25, 0.3) is 0 Å². The number of halogens is 6. The Labute approximate surface area is 163 Å². The van der Waals surface area contributed by atoms with Crippen molar-refractivity contribution in [3.63, 3.8) is 0 Å². The zero-order chi connectivity index (χ0) is 22.6. The van der Waals surface area contributed by atoms with Crippen molar-refractivity contribution in [3.05, 3.63) is 69.8 Å². The number of fused-ring (bicyclic) bond motifs is 1. The number of esters is 2. The summed E-state index contributed by atoms with van der Waals surface area (Å²) in [5.41, 5.74) is -9.23. The van der Waals surface area contributed by atoms with Crippen molar-refractivity contribution in [1.29, 1.82) is 0 Å². The van der Waals surface area contributed by atoms with Crippen LogP contribution in [0.2, 0.25) is 0 Å². The van der Waals surface area contributed by atoms with Crippen LogP contribution in [-0.4, -0.2) is 35.4 Å². The molecule has 5 nitrogen and oxygen atoms in total. The molecule has 0 unspecified atom stereocenters. The van der Waals surface area contributed by atoms with Crippen molar-refractivity contribution in [3.8, 4) is 0 Å². The third-order valence-electron chi connectivity index (χ3n) is 4.82. The van der Waals surface area contributed by atoms with E-state index in [-0.39, 0.29) is 5.56 Å². The normalized spacial score (nSPS) is 14.5. The molecule has 0 bridgehead atoms. The molecule has 0 aromatic heterocycles. The Morgan fingerprint density at radius 1 is 0.833 bits per heavy atom. The molecule has 158 valence electrons. The fourth-order valence-electron chi connectivity index (χ4n) is 3.44. The van der Waals surface area contributed by atoms with Gasteiger partial charge in [-0.15, -0.1) is 0 Å². The van der Waals surface area contributed by atoms with Gasteiger partial charge in [0.05, 0.1) is 16.7 Å². The Morgan fingerprint density at radius 3 is 1.83 bits per heavy atom. The molecule has 1 N–H and O–H groups in total. The highest BCUT2D eigenvalue weighted by Gasteiger charge is 2.72. The number of carbonyl (C=O) groups is 3. The molecule has 0 saturated carbocycles. The largest absolute Gasteiger partial charge is 0.478 e. The highest BCUT2D eigenvalue weighted by Crippen LogP contribution is 2.56. The van der Waals surface area contributed by atoms with Gasteiger partial charge in [-0.3, -0.25) is 0 Å². The maximum absolute atomic E-state index is 14.1. The van der Waals surface area contributed by atoms with Crippen molar-refractivity contribution < 1.29 is 50.6 Å². The second kappa shape index (κ2) is 6.57. The average Bonchev–Trinajstić information content (AvgIpc) is 2.86. The van der Waals surface area contributed by atoms with E-state index >= 15 is 0 Å². The minimum atomic E-state index is -5.94. The van der Waals surface area contributed by atoms with E-state index in [9.17, 15) is 40.7 Å². The lowest BCUT2D eigenvalue weighted by atomic mass is 9.71. The number of alkyl halides is 6. The first-order valence-electron chi connectivity index (χ1n) is 8.10. The zero-order valence-corrected chi connectivity index (χ0v) is 14.8. The Morgan fingerprint density at radius 2 is 1.33 bits per heavy atom. The molecule has 2 aromatic carbocycles. The van der Waals surface area contributed by atoms with Crippen molar-refractivity contribution in [2.45, 2.75) is 24.7 Å². The van der Waals surface area contributed by atoms with Crippen LogP contribution in [0.1, 0.15) is 47.8 Å². The Kier molecular flexibility index (Phi) is 4.68. The van der Waals surface area contributed by atoms with E-state index < -0.39 is 63.5 Å². The molecule has 1 heterocycles. The Balaban J connectivity index is 2.40. The number of cyclic esters (lactones) is 2. The summed E-state index contributed by atoms with van der Waals surface area (Å²) in [7, 11) is 0. The lowest BCUT2D eigenvalue weighted by Crippen LogP contribution is -2.54. The maximum Gasteiger partial charge on any atom is 0.411 e. The third-order valence-corrected chi connectivity index (χ3v) is 4.82. The van der Waals surface area contributed by atoms with E-state index in [0.29, 0.717) is 36.4 Å². The summed E-state index contributed by atoms with van der Waals surface area (Å²) >= 11 is 0. The first-order chi connectivity index (χ1) is 13.7. The Bertz CT molecular complexity index is 1070. The highest BCUT2D eigenvalue weighted by molar-refractivity contribution is 6.14. The molecular formula is C19H10F6O5. The fraction of sp³-hybridized carbons (Fsp3) is 0.211. The van der Waals surface area contributed by atoms with Gasteiger partial charge in [-0.1, -0.05) is 18.2 Å². The number of hydrogen-bond donors (Lipinski definition) is 1. The van der Waals surface area contributed by atoms with Gasteiger partial charge < -0.3 is 9.84 Å². The van der Waals surface area contributed by atoms with Crippen LogP contribution in [-0.2, 0) is 10.2 Å². The predicted molar refractivity (Wildman–Crippen MR) is 87.2 cm³/mol. The average molecular weight is 432 g/mol. The van der Waals surface area contributed by atoms with Crippen molar-refractivity contribution >= 4 is 17.9 Å². The number of rotatable bonds is 3. The molecule has 2 aromatic rings. The molecular weight excluding hydrogens is 422 g/mol. The number of carbonyl (C=O) groups excluding carboxylic acids is 2. The van der Waals surface area contributed by atoms with E-state index in [0.717, 1.165) is 6.92 Å². The van der Waals surface area contributed by atoms with Gasteiger partial charge in [-0.25, -0.2) is 14.4 Å². The van der Waals surface area contributed by atoms with Gasteiger partial charge in [0.2, 0.25) is 5.41 Å². The predicted octanol–water partition coefficient (Wildman–Crippen LogP) is 4.41. The van der Waals surface area contributed by atoms with Gasteiger partial charge in [-0.05, 0) is 41.8 Å². The highest BCUT2D eigenvalue weighted by atomic mass is 19.4. The van der Waals surface area contributed by atoms with Crippen molar-refractivity contribution in [2.24, 2.45) is 0 Å². The van der Waals surface area contributed by atoms with Crippen LogP contribution < -0.4 is 0 Å². The molecule has 0 amide bonds. The van der Waals surface area contributed by atoms with E-state index in [1.165, 1.54) is 0 Å². The molecule has 0 saturated heterocycles. The number of hydrogen-bond acceptors (Lipinski definition) is 4. The lowest BCUT2D eigenvalue weighted by molar-refractivity contribution is -0.288. The molecule has 30 heavy (non-hydrogen) atoms. The molecule has 0 radical (unpaired) electrons. The molecule has 1 aliphatic heterocycles. The minimum absolute atomic E-state index is 0.323. The fourth-order valence-corrected chi connectivity index (χ4v) is 3.44. The van der Waals surface area contributed by atoms with E-state index in [1.807, 2.05) is 0 Å². The van der Waals surface area contributed by atoms with Crippen LogP contribution in [0.15, 0.2) is 36.4 Å². The molecule has 1 aliphatic rings. The molecule has 3 rings (SSSR count). The summed E-state index contributed by atoms with van der Waals surface area (Å²) in [6.07, 6.45) is -11.9. The van der Waals surface area contributed by atoms with Crippen LogP contribution in [0.4, 0.5) is 26.3 Å². The molecule has 11 heteroatoms. The topological polar surface area (TPSA) is 80.7 Å². The van der Waals surface area contributed by atoms with Gasteiger partial charge >= 0.3 is 30.3 Å². The molecule has 0 atom stereocenters. The maximum atomic E-state index is 14.1. The first kappa shape index (κ1) is 21.3. The molecule has 0 spiro atoms. The van der Waals surface area contributed by atoms with Crippen LogP contribution in [0.5, 0.6) is 0 Å². The second-order valence-corrected chi connectivity index (χ2v) is 6.52. The monoisotopic (exact) mass is 432 g/mol. The van der Waals surface area contributed by atoms with E-state index in [1.54, 1.807) is 0 Å². The van der Waals surface area contributed by atoms with Gasteiger partial charge in [-0.2, -0.15) is 26.3 Å². The minimum Gasteiger partial charge on any atom is -0.478 e.